The second-order valence-electron chi connectivity index (χ2n) is 4.39. The predicted octanol–water partition coefficient (Wildman–Crippen LogP) is 3.65. The van der Waals surface area contributed by atoms with Crippen molar-refractivity contribution in [2.24, 2.45) is 0 Å². The number of benzene rings is 2. The molecule has 0 fully saturated rings. The van der Waals surface area contributed by atoms with E-state index in [1.807, 2.05) is 24.3 Å². The van der Waals surface area contributed by atoms with Gasteiger partial charge in [-0.2, -0.15) is 5.10 Å². The number of non-ortho nitro benzene ring substituents is 1. The van der Waals surface area contributed by atoms with Crippen molar-refractivity contribution in [3.05, 3.63) is 69.4 Å². The Kier molecular flexibility index (Phi) is 3.12. The Balaban J connectivity index is 2.06. The van der Waals surface area contributed by atoms with Crippen molar-refractivity contribution in [3.8, 4) is 0 Å². The van der Waals surface area contributed by atoms with E-state index in [0.29, 0.717) is 11.6 Å². The number of halogens is 1. The number of nitro groups is 1. The van der Waals surface area contributed by atoms with Gasteiger partial charge in [0.1, 0.15) is 0 Å². The van der Waals surface area contributed by atoms with Gasteiger partial charge in [0.25, 0.3) is 5.69 Å². The van der Waals surface area contributed by atoms with Gasteiger partial charge in [0.2, 0.25) is 0 Å². The van der Waals surface area contributed by atoms with Gasteiger partial charge in [0.05, 0.1) is 23.2 Å². The van der Waals surface area contributed by atoms with E-state index < -0.39 is 4.92 Å². The summed E-state index contributed by atoms with van der Waals surface area (Å²) < 4.78 is 1.71. The molecule has 0 N–H and O–H groups in total. The molecule has 6 heteroatoms. The summed E-state index contributed by atoms with van der Waals surface area (Å²) in [6.07, 6.45) is 1.69. The maximum Gasteiger partial charge on any atom is 0.271 e. The first-order valence-corrected chi connectivity index (χ1v) is 6.36. The largest absolute Gasteiger partial charge is 0.271 e. The zero-order valence-electron chi connectivity index (χ0n) is 10.4. The van der Waals surface area contributed by atoms with Crippen LogP contribution >= 0.6 is 11.6 Å². The Bertz CT molecular complexity index is 798. The van der Waals surface area contributed by atoms with E-state index in [-0.39, 0.29) is 5.69 Å². The minimum absolute atomic E-state index is 0.0541. The fourth-order valence-electron chi connectivity index (χ4n) is 2.09. The van der Waals surface area contributed by atoms with Crippen LogP contribution in [-0.2, 0) is 6.54 Å². The molecular formula is C14H10ClN3O2. The van der Waals surface area contributed by atoms with Crippen LogP contribution in [0, 0.1) is 10.1 Å². The summed E-state index contributed by atoms with van der Waals surface area (Å²) in [5, 5.41) is 16.6. The van der Waals surface area contributed by atoms with Gasteiger partial charge >= 0.3 is 0 Å². The first-order chi connectivity index (χ1) is 9.65. The molecule has 100 valence electrons. The third kappa shape index (κ3) is 2.23. The maximum atomic E-state index is 10.8. The quantitative estimate of drug-likeness (QED) is 0.546. The average molecular weight is 288 g/mol. The van der Waals surface area contributed by atoms with Gasteiger partial charge in [0.15, 0.2) is 0 Å². The molecule has 0 radical (unpaired) electrons. The van der Waals surface area contributed by atoms with Gasteiger partial charge in [-0.1, -0.05) is 29.8 Å². The molecule has 0 spiro atoms. The maximum absolute atomic E-state index is 10.8. The van der Waals surface area contributed by atoms with Crippen LogP contribution in [0.3, 0.4) is 0 Å². The minimum atomic E-state index is -0.410. The number of hydrogen-bond acceptors (Lipinski definition) is 3. The van der Waals surface area contributed by atoms with Crippen molar-refractivity contribution in [3.63, 3.8) is 0 Å². The van der Waals surface area contributed by atoms with Crippen molar-refractivity contribution >= 4 is 28.2 Å². The highest BCUT2D eigenvalue weighted by Crippen LogP contribution is 2.23. The monoisotopic (exact) mass is 287 g/mol. The lowest BCUT2D eigenvalue weighted by Crippen LogP contribution is -2.02. The minimum Gasteiger partial charge on any atom is -0.260 e. The molecule has 3 aromatic rings. The highest BCUT2D eigenvalue weighted by Gasteiger charge is 2.11. The molecule has 0 aliphatic heterocycles. The van der Waals surface area contributed by atoms with Gasteiger partial charge in [-0.3, -0.25) is 14.8 Å². The van der Waals surface area contributed by atoms with Crippen molar-refractivity contribution < 1.29 is 4.92 Å². The first-order valence-electron chi connectivity index (χ1n) is 5.98. The lowest BCUT2D eigenvalue weighted by molar-refractivity contribution is -0.384. The van der Waals surface area contributed by atoms with Gasteiger partial charge in [0, 0.05) is 22.5 Å². The van der Waals surface area contributed by atoms with Crippen LogP contribution in [0.15, 0.2) is 48.7 Å². The molecule has 0 amide bonds. The fraction of sp³-hybridized carbons (Fsp3) is 0.0714. The van der Waals surface area contributed by atoms with Crippen LogP contribution in [0.5, 0.6) is 0 Å². The molecular weight excluding hydrogens is 278 g/mol. The molecule has 0 atom stereocenters. The molecule has 20 heavy (non-hydrogen) atoms. The molecule has 3 rings (SSSR count). The average Bonchev–Trinajstić information content (AvgIpc) is 2.84. The lowest BCUT2D eigenvalue weighted by Gasteiger charge is -2.05. The summed E-state index contributed by atoms with van der Waals surface area (Å²) in [5.74, 6) is 0. The second kappa shape index (κ2) is 4.94. The third-order valence-electron chi connectivity index (χ3n) is 3.12. The van der Waals surface area contributed by atoms with Crippen molar-refractivity contribution in [1.29, 1.82) is 0 Å². The summed E-state index contributed by atoms with van der Waals surface area (Å²) >= 11 is 6.12. The molecule has 0 aliphatic carbocycles. The highest BCUT2D eigenvalue weighted by atomic mass is 35.5. The molecule has 1 heterocycles. The fourth-order valence-corrected chi connectivity index (χ4v) is 2.28. The number of rotatable bonds is 3. The zero-order valence-corrected chi connectivity index (χ0v) is 11.1. The van der Waals surface area contributed by atoms with Crippen molar-refractivity contribution in [2.75, 3.05) is 0 Å². The lowest BCUT2D eigenvalue weighted by atomic mass is 10.2. The van der Waals surface area contributed by atoms with Crippen LogP contribution in [0.25, 0.3) is 10.9 Å². The molecule has 0 bridgehead atoms. The smallest absolute Gasteiger partial charge is 0.260 e. The summed E-state index contributed by atoms with van der Waals surface area (Å²) in [6.45, 7) is 0.477. The predicted molar refractivity (Wildman–Crippen MR) is 76.9 cm³/mol. The zero-order chi connectivity index (χ0) is 14.1. The Morgan fingerprint density at radius 3 is 2.80 bits per heavy atom. The number of nitro benzene ring substituents is 1. The van der Waals surface area contributed by atoms with E-state index >= 15 is 0 Å². The summed E-state index contributed by atoms with van der Waals surface area (Å²) in [6, 6.07) is 12.2. The van der Waals surface area contributed by atoms with Crippen LogP contribution in [0.4, 0.5) is 5.69 Å². The van der Waals surface area contributed by atoms with Gasteiger partial charge in [-0.15, -0.1) is 0 Å². The molecule has 0 aliphatic rings. The van der Waals surface area contributed by atoms with Crippen LogP contribution < -0.4 is 0 Å². The van der Waals surface area contributed by atoms with Gasteiger partial charge in [-0.25, -0.2) is 0 Å². The normalized spacial score (nSPS) is 10.8. The number of fused-ring (bicyclic) bond motifs is 1. The van der Waals surface area contributed by atoms with Gasteiger partial charge in [-0.05, 0) is 17.7 Å². The number of hydrogen-bond donors (Lipinski definition) is 0. The third-order valence-corrected chi connectivity index (χ3v) is 3.49. The molecule has 0 saturated carbocycles. The number of aromatic nitrogens is 2. The molecule has 0 saturated heterocycles. The van der Waals surface area contributed by atoms with Crippen LogP contribution in [0.1, 0.15) is 5.56 Å². The Labute approximate surface area is 119 Å². The van der Waals surface area contributed by atoms with E-state index in [0.717, 1.165) is 16.5 Å². The van der Waals surface area contributed by atoms with Crippen LogP contribution in [0.2, 0.25) is 5.02 Å². The molecule has 2 aromatic carbocycles. The van der Waals surface area contributed by atoms with E-state index in [2.05, 4.69) is 5.10 Å². The van der Waals surface area contributed by atoms with E-state index in [9.17, 15) is 10.1 Å². The molecule has 0 unspecified atom stereocenters. The van der Waals surface area contributed by atoms with E-state index in [4.69, 9.17) is 11.6 Å². The Hall–Kier alpha value is -2.40. The highest BCUT2D eigenvalue weighted by molar-refractivity contribution is 6.31. The van der Waals surface area contributed by atoms with Crippen molar-refractivity contribution in [1.82, 2.24) is 9.78 Å². The summed E-state index contributed by atoms with van der Waals surface area (Å²) in [4.78, 5) is 10.4. The SMILES string of the molecule is O=[N+]([O-])c1ccc2cnn(Cc3ccccc3Cl)c2c1. The van der Waals surface area contributed by atoms with Gasteiger partial charge < -0.3 is 0 Å². The Morgan fingerprint density at radius 1 is 1.25 bits per heavy atom. The standard InChI is InChI=1S/C14H10ClN3O2/c15-13-4-2-1-3-11(13)9-17-14-7-12(18(19)20)6-5-10(14)8-16-17/h1-8H,9H2. The molecule has 1 aromatic heterocycles. The summed E-state index contributed by atoms with van der Waals surface area (Å²) in [7, 11) is 0. The summed E-state index contributed by atoms with van der Waals surface area (Å²) in [5.41, 5.74) is 1.70. The van der Waals surface area contributed by atoms with Crippen molar-refractivity contribution in [2.45, 2.75) is 6.54 Å². The Morgan fingerprint density at radius 2 is 2.05 bits per heavy atom. The number of nitrogens with zero attached hydrogens (tertiary/aromatic N) is 3. The first kappa shape index (κ1) is 12.6. The second-order valence-corrected chi connectivity index (χ2v) is 4.80. The van der Waals surface area contributed by atoms with Crippen LogP contribution in [-0.4, -0.2) is 14.7 Å². The van der Waals surface area contributed by atoms with E-state index in [1.54, 1.807) is 16.9 Å². The topological polar surface area (TPSA) is 61.0 Å². The van der Waals surface area contributed by atoms with E-state index in [1.165, 1.54) is 12.1 Å². The molecule has 5 nitrogen and oxygen atoms in total.